The summed E-state index contributed by atoms with van der Waals surface area (Å²) in [4.78, 5) is 0. The first-order chi connectivity index (χ1) is 8.77. The fourth-order valence-electron chi connectivity index (χ4n) is 1.58. The Bertz CT molecular complexity index is 345. The van der Waals surface area contributed by atoms with E-state index in [-0.39, 0.29) is 6.61 Å². The summed E-state index contributed by atoms with van der Waals surface area (Å²) in [6.07, 6.45) is 2.73. The topological polar surface area (TPSA) is 41.5 Å². The Morgan fingerprint density at radius 2 is 2.17 bits per heavy atom. The van der Waals surface area contributed by atoms with Crippen LogP contribution < -0.4 is 10.1 Å². The van der Waals surface area contributed by atoms with Gasteiger partial charge in [0.2, 0.25) is 0 Å². The fraction of sp³-hybridized carbons (Fsp3) is 0.571. The van der Waals surface area contributed by atoms with Crippen LogP contribution in [0.4, 0.5) is 0 Å². The van der Waals surface area contributed by atoms with E-state index in [2.05, 4.69) is 12.2 Å². The fourth-order valence-corrected chi connectivity index (χ4v) is 1.83. The Labute approximate surface area is 114 Å². The van der Waals surface area contributed by atoms with Gasteiger partial charge in [-0.15, -0.1) is 0 Å². The zero-order chi connectivity index (χ0) is 13.2. The quantitative estimate of drug-likeness (QED) is 0.679. The minimum Gasteiger partial charge on any atom is -0.492 e. The Hall–Kier alpha value is -0.770. The maximum absolute atomic E-state index is 8.67. The maximum Gasteiger partial charge on any atom is 0.137 e. The van der Waals surface area contributed by atoms with Crippen molar-refractivity contribution in [1.29, 1.82) is 0 Å². The van der Waals surface area contributed by atoms with Gasteiger partial charge in [0.1, 0.15) is 5.75 Å². The van der Waals surface area contributed by atoms with E-state index in [1.165, 1.54) is 0 Å². The standard InChI is InChI=1S/C14H22ClNO2/c1-2-7-16-11-12-5-6-14(13(15)10-12)18-9-4-3-8-17/h5-6,10,16-17H,2-4,7-9,11H2,1H3. The Morgan fingerprint density at radius 1 is 1.33 bits per heavy atom. The van der Waals surface area contributed by atoms with E-state index >= 15 is 0 Å². The van der Waals surface area contributed by atoms with Crippen LogP contribution in [0, 0.1) is 0 Å². The average Bonchev–Trinajstić information content (AvgIpc) is 2.37. The van der Waals surface area contributed by atoms with Gasteiger partial charge in [0.15, 0.2) is 0 Å². The van der Waals surface area contributed by atoms with Crippen LogP contribution in [0.3, 0.4) is 0 Å². The Balaban J connectivity index is 2.41. The molecule has 0 radical (unpaired) electrons. The molecule has 1 rings (SSSR count). The third-order valence-electron chi connectivity index (χ3n) is 2.56. The molecular weight excluding hydrogens is 250 g/mol. The van der Waals surface area contributed by atoms with E-state index < -0.39 is 0 Å². The lowest BCUT2D eigenvalue weighted by Gasteiger charge is -2.09. The maximum atomic E-state index is 8.67. The largest absolute Gasteiger partial charge is 0.492 e. The summed E-state index contributed by atoms with van der Waals surface area (Å²) in [5.74, 6) is 0.717. The molecule has 0 saturated heterocycles. The molecule has 2 N–H and O–H groups in total. The molecule has 0 aliphatic rings. The first-order valence-corrected chi connectivity index (χ1v) is 6.88. The van der Waals surface area contributed by atoms with Gasteiger partial charge in [0.25, 0.3) is 0 Å². The first kappa shape index (κ1) is 15.3. The van der Waals surface area contributed by atoms with Crippen molar-refractivity contribution in [3.05, 3.63) is 28.8 Å². The molecule has 0 aliphatic heterocycles. The molecule has 1 aromatic rings. The molecule has 0 saturated carbocycles. The molecule has 0 heterocycles. The van der Waals surface area contributed by atoms with Crippen molar-refractivity contribution < 1.29 is 9.84 Å². The third-order valence-corrected chi connectivity index (χ3v) is 2.86. The van der Waals surface area contributed by atoms with E-state index in [4.69, 9.17) is 21.4 Å². The van der Waals surface area contributed by atoms with Gasteiger partial charge in [-0.3, -0.25) is 0 Å². The summed E-state index contributed by atoms with van der Waals surface area (Å²) in [5.41, 5.74) is 1.16. The van der Waals surface area contributed by atoms with E-state index in [1.807, 2.05) is 18.2 Å². The van der Waals surface area contributed by atoms with Crippen LogP contribution in [-0.2, 0) is 6.54 Å². The van der Waals surface area contributed by atoms with Crippen molar-refractivity contribution >= 4 is 11.6 Å². The summed E-state index contributed by atoms with van der Waals surface area (Å²) >= 11 is 6.15. The zero-order valence-corrected chi connectivity index (χ0v) is 11.7. The lowest BCUT2D eigenvalue weighted by atomic mass is 10.2. The molecule has 0 unspecified atom stereocenters. The smallest absolute Gasteiger partial charge is 0.137 e. The van der Waals surface area contributed by atoms with Crippen LogP contribution in [0.15, 0.2) is 18.2 Å². The minimum absolute atomic E-state index is 0.207. The average molecular weight is 272 g/mol. The van der Waals surface area contributed by atoms with Crippen LogP contribution in [0.2, 0.25) is 5.02 Å². The van der Waals surface area contributed by atoms with Crippen molar-refractivity contribution in [1.82, 2.24) is 5.32 Å². The monoisotopic (exact) mass is 271 g/mol. The molecule has 0 aliphatic carbocycles. The molecule has 3 nitrogen and oxygen atoms in total. The van der Waals surface area contributed by atoms with Crippen LogP contribution in [0.25, 0.3) is 0 Å². The predicted octanol–water partition coefficient (Wildman–Crippen LogP) is 2.99. The van der Waals surface area contributed by atoms with Gasteiger partial charge in [-0.05, 0) is 43.5 Å². The Kier molecular flexibility index (Phi) is 7.81. The van der Waals surface area contributed by atoms with Crippen LogP contribution >= 0.6 is 11.6 Å². The van der Waals surface area contributed by atoms with Gasteiger partial charge in [0, 0.05) is 13.2 Å². The molecule has 1 aromatic carbocycles. The molecule has 4 heteroatoms. The highest BCUT2D eigenvalue weighted by molar-refractivity contribution is 6.32. The van der Waals surface area contributed by atoms with Gasteiger partial charge >= 0.3 is 0 Å². The number of aliphatic hydroxyl groups excluding tert-OH is 1. The number of unbranched alkanes of at least 4 members (excludes halogenated alkanes) is 1. The second-order valence-electron chi connectivity index (χ2n) is 4.22. The normalized spacial score (nSPS) is 10.6. The van der Waals surface area contributed by atoms with Crippen LogP contribution in [0.5, 0.6) is 5.75 Å². The number of benzene rings is 1. The van der Waals surface area contributed by atoms with E-state index in [1.54, 1.807) is 0 Å². The number of nitrogens with one attached hydrogen (secondary N) is 1. The summed E-state index contributed by atoms with van der Waals surface area (Å²) in [6.45, 7) is 4.78. The van der Waals surface area contributed by atoms with E-state index in [0.717, 1.165) is 37.9 Å². The lowest BCUT2D eigenvalue weighted by molar-refractivity contribution is 0.253. The van der Waals surface area contributed by atoms with Gasteiger partial charge in [-0.2, -0.15) is 0 Å². The molecule has 0 amide bonds. The minimum atomic E-state index is 0.207. The third kappa shape index (κ3) is 5.71. The van der Waals surface area contributed by atoms with Crippen molar-refractivity contribution in [2.24, 2.45) is 0 Å². The highest BCUT2D eigenvalue weighted by atomic mass is 35.5. The highest BCUT2D eigenvalue weighted by Gasteiger charge is 2.03. The van der Waals surface area contributed by atoms with Crippen molar-refractivity contribution in [3.8, 4) is 5.75 Å². The van der Waals surface area contributed by atoms with Crippen molar-refractivity contribution in [3.63, 3.8) is 0 Å². The predicted molar refractivity (Wildman–Crippen MR) is 75.3 cm³/mol. The first-order valence-electron chi connectivity index (χ1n) is 6.50. The molecule has 0 aromatic heterocycles. The van der Waals surface area contributed by atoms with Gasteiger partial charge in [-0.1, -0.05) is 24.6 Å². The second kappa shape index (κ2) is 9.20. The van der Waals surface area contributed by atoms with Gasteiger partial charge < -0.3 is 15.2 Å². The molecular formula is C14H22ClNO2. The summed E-state index contributed by atoms with van der Waals surface area (Å²) in [5, 5.41) is 12.6. The van der Waals surface area contributed by atoms with Crippen molar-refractivity contribution in [2.75, 3.05) is 19.8 Å². The summed E-state index contributed by atoms with van der Waals surface area (Å²) in [6, 6.07) is 5.87. The number of rotatable bonds is 9. The number of hydrogen-bond acceptors (Lipinski definition) is 3. The number of halogens is 1. The molecule has 0 fully saturated rings. The second-order valence-corrected chi connectivity index (χ2v) is 4.63. The highest BCUT2D eigenvalue weighted by Crippen LogP contribution is 2.25. The van der Waals surface area contributed by atoms with E-state index in [0.29, 0.717) is 17.4 Å². The zero-order valence-electron chi connectivity index (χ0n) is 10.9. The van der Waals surface area contributed by atoms with Crippen LogP contribution in [-0.4, -0.2) is 24.9 Å². The van der Waals surface area contributed by atoms with Gasteiger partial charge in [-0.25, -0.2) is 0 Å². The molecule has 0 spiro atoms. The van der Waals surface area contributed by atoms with Crippen molar-refractivity contribution in [2.45, 2.75) is 32.7 Å². The molecule has 18 heavy (non-hydrogen) atoms. The van der Waals surface area contributed by atoms with Crippen LogP contribution in [0.1, 0.15) is 31.7 Å². The summed E-state index contributed by atoms with van der Waals surface area (Å²) in [7, 11) is 0. The van der Waals surface area contributed by atoms with E-state index in [9.17, 15) is 0 Å². The lowest BCUT2D eigenvalue weighted by Crippen LogP contribution is -2.13. The Morgan fingerprint density at radius 3 is 2.83 bits per heavy atom. The summed E-state index contributed by atoms with van der Waals surface area (Å²) < 4.78 is 5.56. The SMILES string of the molecule is CCCNCc1ccc(OCCCCO)c(Cl)c1. The number of ether oxygens (including phenoxy) is 1. The number of aliphatic hydroxyl groups is 1. The molecule has 0 atom stereocenters. The van der Waals surface area contributed by atoms with Gasteiger partial charge in [0.05, 0.1) is 11.6 Å². The number of hydrogen-bond donors (Lipinski definition) is 2. The molecule has 0 bridgehead atoms. The molecule has 102 valence electrons.